The quantitative estimate of drug-likeness (QED) is 0.889. The Bertz CT molecular complexity index is 439. The summed E-state index contributed by atoms with van der Waals surface area (Å²) in [5, 5.41) is 8.89. The minimum atomic E-state index is -0.726. The highest BCUT2D eigenvalue weighted by Crippen LogP contribution is 2.33. The van der Waals surface area contributed by atoms with Gasteiger partial charge in [-0.1, -0.05) is 17.7 Å². The molecule has 2 atom stereocenters. The highest BCUT2D eigenvalue weighted by molar-refractivity contribution is 5.67. The van der Waals surface area contributed by atoms with Crippen LogP contribution >= 0.6 is 0 Å². The van der Waals surface area contributed by atoms with Crippen molar-refractivity contribution in [3.63, 3.8) is 0 Å². The number of aliphatic carboxylic acids is 1. The van der Waals surface area contributed by atoms with Crippen molar-refractivity contribution in [2.24, 2.45) is 5.92 Å². The van der Waals surface area contributed by atoms with Gasteiger partial charge in [-0.2, -0.15) is 0 Å². The van der Waals surface area contributed by atoms with E-state index in [4.69, 9.17) is 9.84 Å². The van der Waals surface area contributed by atoms with Crippen LogP contribution in [-0.4, -0.2) is 17.2 Å². The van der Waals surface area contributed by atoms with Crippen molar-refractivity contribution in [3.05, 3.63) is 29.3 Å². The molecule has 3 heteroatoms. The van der Waals surface area contributed by atoms with Crippen molar-refractivity contribution in [1.82, 2.24) is 0 Å². The Balaban J connectivity index is 2.05. The molecular formula is C15H20O3. The first-order chi connectivity index (χ1) is 8.56. The van der Waals surface area contributed by atoms with Crippen LogP contribution in [0.15, 0.2) is 18.2 Å². The molecule has 2 unspecified atom stereocenters. The maximum Gasteiger partial charge on any atom is 0.303 e. The monoisotopic (exact) mass is 248 g/mol. The third-order valence-electron chi connectivity index (χ3n) is 3.63. The standard InChI is InChI=1S/C15H20O3/c1-10-6-7-13(11(2)8-10)18-14-5-3-4-12(14)9-15(16)17/h6-8,12,14H,3-5,9H2,1-2H3,(H,16,17). The number of benzene rings is 1. The Kier molecular flexibility index (Phi) is 3.90. The SMILES string of the molecule is Cc1ccc(OC2CCCC2CC(=O)O)c(C)c1. The molecule has 3 nitrogen and oxygen atoms in total. The van der Waals surface area contributed by atoms with Gasteiger partial charge >= 0.3 is 5.97 Å². The third-order valence-corrected chi connectivity index (χ3v) is 3.63. The Hall–Kier alpha value is -1.51. The van der Waals surface area contributed by atoms with Crippen LogP contribution in [0.1, 0.15) is 36.8 Å². The van der Waals surface area contributed by atoms with Gasteiger partial charge in [0.1, 0.15) is 11.9 Å². The summed E-state index contributed by atoms with van der Waals surface area (Å²) in [4.78, 5) is 10.8. The number of hydrogen-bond donors (Lipinski definition) is 1. The van der Waals surface area contributed by atoms with Crippen molar-refractivity contribution in [1.29, 1.82) is 0 Å². The molecule has 1 aliphatic rings. The van der Waals surface area contributed by atoms with Gasteiger partial charge in [-0.3, -0.25) is 4.79 Å². The van der Waals surface area contributed by atoms with Gasteiger partial charge in [0, 0.05) is 5.92 Å². The molecule has 1 fully saturated rings. The van der Waals surface area contributed by atoms with E-state index in [0.717, 1.165) is 30.6 Å². The maximum atomic E-state index is 10.8. The number of hydrogen-bond acceptors (Lipinski definition) is 2. The summed E-state index contributed by atoms with van der Waals surface area (Å²) in [5.74, 6) is 0.321. The van der Waals surface area contributed by atoms with Crippen LogP contribution in [-0.2, 0) is 4.79 Å². The van der Waals surface area contributed by atoms with Crippen molar-refractivity contribution in [3.8, 4) is 5.75 Å². The summed E-state index contributed by atoms with van der Waals surface area (Å²) >= 11 is 0. The Labute approximate surface area is 108 Å². The number of aryl methyl sites for hydroxylation is 2. The fourth-order valence-corrected chi connectivity index (χ4v) is 2.71. The zero-order valence-corrected chi connectivity index (χ0v) is 11.0. The van der Waals surface area contributed by atoms with Crippen LogP contribution in [0.5, 0.6) is 5.75 Å². The van der Waals surface area contributed by atoms with Gasteiger partial charge in [-0.05, 0) is 44.7 Å². The normalized spacial score (nSPS) is 23.0. The molecule has 2 rings (SSSR count). The summed E-state index contributed by atoms with van der Waals surface area (Å²) in [6, 6.07) is 6.11. The van der Waals surface area contributed by atoms with E-state index in [1.807, 2.05) is 19.1 Å². The second-order valence-corrected chi connectivity index (χ2v) is 5.21. The molecule has 0 radical (unpaired) electrons. The second kappa shape index (κ2) is 5.42. The molecule has 0 heterocycles. The summed E-state index contributed by atoms with van der Waals surface area (Å²) in [6.45, 7) is 4.09. The van der Waals surface area contributed by atoms with Crippen LogP contribution in [0.2, 0.25) is 0 Å². The average molecular weight is 248 g/mol. The summed E-state index contributed by atoms with van der Waals surface area (Å²) < 4.78 is 6.01. The fourth-order valence-electron chi connectivity index (χ4n) is 2.71. The average Bonchev–Trinajstić information content (AvgIpc) is 2.69. The molecule has 18 heavy (non-hydrogen) atoms. The van der Waals surface area contributed by atoms with E-state index in [1.165, 1.54) is 5.56 Å². The van der Waals surface area contributed by atoms with Crippen LogP contribution < -0.4 is 4.74 Å². The minimum absolute atomic E-state index is 0.0579. The van der Waals surface area contributed by atoms with Gasteiger partial charge in [0.2, 0.25) is 0 Å². The van der Waals surface area contributed by atoms with Gasteiger partial charge in [0.15, 0.2) is 0 Å². The van der Waals surface area contributed by atoms with Gasteiger partial charge in [0.05, 0.1) is 6.42 Å². The number of ether oxygens (including phenoxy) is 1. The molecule has 0 spiro atoms. The second-order valence-electron chi connectivity index (χ2n) is 5.21. The van der Waals surface area contributed by atoms with Gasteiger partial charge in [0.25, 0.3) is 0 Å². The lowest BCUT2D eigenvalue weighted by Crippen LogP contribution is -2.24. The molecule has 0 aliphatic heterocycles. The predicted molar refractivity (Wildman–Crippen MR) is 69.9 cm³/mol. The predicted octanol–water partition coefficient (Wildman–Crippen LogP) is 3.33. The number of carboxylic acids is 1. The van der Waals surface area contributed by atoms with E-state index in [9.17, 15) is 4.79 Å². The molecule has 1 N–H and O–H groups in total. The molecule has 0 aromatic heterocycles. The number of rotatable bonds is 4. The van der Waals surface area contributed by atoms with E-state index in [0.29, 0.717) is 0 Å². The molecule has 0 saturated heterocycles. The number of carboxylic acid groups (broad SMARTS) is 1. The molecule has 0 bridgehead atoms. The van der Waals surface area contributed by atoms with Crippen LogP contribution in [0.25, 0.3) is 0 Å². The minimum Gasteiger partial charge on any atom is -0.490 e. The lowest BCUT2D eigenvalue weighted by atomic mass is 10.0. The Morgan fingerprint density at radius 1 is 1.39 bits per heavy atom. The first kappa shape index (κ1) is 12.9. The lowest BCUT2D eigenvalue weighted by molar-refractivity contribution is -0.138. The fraction of sp³-hybridized carbons (Fsp3) is 0.533. The highest BCUT2D eigenvalue weighted by atomic mass is 16.5. The van der Waals surface area contributed by atoms with Gasteiger partial charge in [-0.15, -0.1) is 0 Å². The first-order valence-corrected chi connectivity index (χ1v) is 6.52. The first-order valence-electron chi connectivity index (χ1n) is 6.52. The molecule has 1 aromatic rings. The summed E-state index contributed by atoms with van der Waals surface area (Å²) in [5.41, 5.74) is 2.34. The summed E-state index contributed by atoms with van der Waals surface area (Å²) in [7, 11) is 0. The molecule has 1 aliphatic carbocycles. The van der Waals surface area contributed by atoms with Crippen molar-refractivity contribution in [2.75, 3.05) is 0 Å². The van der Waals surface area contributed by atoms with Crippen LogP contribution in [0, 0.1) is 19.8 Å². The van der Waals surface area contributed by atoms with E-state index in [1.54, 1.807) is 0 Å². The van der Waals surface area contributed by atoms with E-state index in [2.05, 4.69) is 13.0 Å². The van der Waals surface area contributed by atoms with E-state index < -0.39 is 5.97 Å². The molecule has 1 saturated carbocycles. The Morgan fingerprint density at radius 2 is 2.17 bits per heavy atom. The van der Waals surface area contributed by atoms with Crippen molar-refractivity contribution < 1.29 is 14.6 Å². The molecule has 1 aromatic carbocycles. The van der Waals surface area contributed by atoms with Crippen molar-refractivity contribution in [2.45, 2.75) is 45.6 Å². The van der Waals surface area contributed by atoms with Crippen LogP contribution in [0.3, 0.4) is 0 Å². The van der Waals surface area contributed by atoms with E-state index in [-0.39, 0.29) is 18.4 Å². The Morgan fingerprint density at radius 3 is 2.83 bits per heavy atom. The molecular weight excluding hydrogens is 228 g/mol. The molecule has 98 valence electrons. The zero-order valence-electron chi connectivity index (χ0n) is 11.0. The summed E-state index contributed by atoms with van der Waals surface area (Å²) in [6.07, 6.45) is 3.26. The molecule has 0 amide bonds. The lowest BCUT2D eigenvalue weighted by Gasteiger charge is -2.21. The largest absolute Gasteiger partial charge is 0.490 e. The smallest absolute Gasteiger partial charge is 0.303 e. The van der Waals surface area contributed by atoms with Crippen molar-refractivity contribution >= 4 is 5.97 Å². The van der Waals surface area contributed by atoms with Crippen LogP contribution in [0.4, 0.5) is 0 Å². The zero-order chi connectivity index (χ0) is 13.1. The van der Waals surface area contributed by atoms with Gasteiger partial charge < -0.3 is 9.84 Å². The topological polar surface area (TPSA) is 46.5 Å². The van der Waals surface area contributed by atoms with Gasteiger partial charge in [-0.25, -0.2) is 0 Å². The van der Waals surface area contributed by atoms with E-state index >= 15 is 0 Å². The number of carbonyl (C=O) groups is 1. The highest BCUT2D eigenvalue weighted by Gasteiger charge is 2.30. The third kappa shape index (κ3) is 3.03. The maximum absolute atomic E-state index is 10.8.